The number of hydrogen-bond acceptors (Lipinski definition) is 5. The van der Waals surface area contributed by atoms with Crippen LogP contribution in [0.1, 0.15) is 59.2 Å². The molecule has 1 atom stereocenters. The molecule has 7 heteroatoms. The van der Waals surface area contributed by atoms with E-state index in [1.54, 1.807) is 17.8 Å². The monoisotopic (exact) mass is 467 g/mol. The van der Waals surface area contributed by atoms with Gasteiger partial charge in [0, 0.05) is 24.7 Å². The molecular weight excluding hydrogens is 430 g/mol. The number of amides is 1. The quantitative estimate of drug-likeness (QED) is 0.478. The van der Waals surface area contributed by atoms with E-state index >= 15 is 0 Å². The number of carbonyl (C=O) groups excluding carboxylic acids is 1. The summed E-state index contributed by atoms with van der Waals surface area (Å²) in [6.07, 6.45) is 2.82. The summed E-state index contributed by atoms with van der Waals surface area (Å²) in [6.45, 7) is 14.0. The molecule has 0 aliphatic rings. The van der Waals surface area contributed by atoms with Gasteiger partial charge in [0.1, 0.15) is 18.0 Å². The van der Waals surface area contributed by atoms with Crippen molar-refractivity contribution >= 4 is 27.8 Å². The number of fused-ring (bicyclic) bond motifs is 3. The van der Waals surface area contributed by atoms with Crippen LogP contribution in [0.15, 0.2) is 29.2 Å². The van der Waals surface area contributed by atoms with E-state index in [0.29, 0.717) is 17.9 Å². The Kier molecular flexibility index (Phi) is 7.54. The fourth-order valence-electron chi connectivity index (χ4n) is 4.26. The fourth-order valence-corrected chi connectivity index (χ4v) is 4.26. The number of carbonyl (C=O) groups is 1. The van der Waals surface area contributed by atoms with Crippen LogP contribution >= 0.6 is 0 Å². The molecule has 0 radical (unpaired) electrons. The molecule has 184 valence electrons. The highest BCUT2D eigenvalue weighted by Gasteiger charge is 2.21. The largest absolute Gasteiger partial charge is 0.491 e. The molecule has 34 heavy (non-hydrogen) atoms. The van der Waals surface area contributed by atoms with Crippen LogP contribution in [-0.2, 0) is 18.2 Å². The molecule has 0 aliphatic heterocycles. The van der Waals surface area contributed by atoms with E-state index in [1.165, 1.54) is 0 Å². The second kappa shape index (κ2) is 10.0. The Hall–Kier alpha value is -3.09. The number of nitrogens with zero attached hydrogens (tertiary/aromatic N) is 2. The first-order valence-electron chi connectivity index (χ1n) is 11.9. The summed E-state index contributed by atoms with van der Waals surface area (Å²) in [7, 11) is 1.78. The van der Waals surface area contributed by atoms with Crippen molar-refractivity contribution in [2.24, 2.45) is 13.0 Å². The average molecular weight is 468 g/mol. The summed E-state index contributed by atoms with van der Waals surface area (Å²) in [4.78, 5) is 29.7. The first-order chi connectivity index (χ1) is 15.9. The summed E-state index contributed by atoms with van der Waals surface area (Å²) >= 11 is 0. The van der Waals surface area contributed by atoms with Gasteiger partial charge in [-0.25, -0.2) is 4.79 Å². The van der Waals surface area contributed by atoms with Gasteiger partial charge in [-0.15, -0.1) is 0 Å². The van der Waals surface area contributed by atoms with Gasteiger partial charge in [0.15, 0.2) is 0 Å². The van der Waals surface area contributed by atoms with E-state index in [9.17, 15) is 9.59 Å². The van der Waals surface area contributed by atoms with Gasteiger partial charge >= 0.3 is 6.09 Å². The lowest BCUT2D eigenvalue weighted by molar-refractivity contribution is 0.0480. The van der Waals surface area contributed by atoms with Gasteiger partial charge in [-0.2, -0.15) is 0 Å². The zero-order valence-corrected chi connectivity index (χ0v) is 21.6. The van der Waals surface area contributed by atoms with Crippen molar-refractivity contribution in [1.29, 1.82) is 0 Å². The lowest BCUT2D eigenvalue weighted by Gasteiger charge is -2.25. The Labute approximate surface area is 201 Å². The molecule has 2 heterocycles. The van der Waals surface area contributed by atoms with Crippen molar-refractivity contribution in [3.8, 4) is 5.75 Å². The molecule has 0 fully saturated rings. The first-order valence-corrected chi connectivity index (χ1v) is 11.9. The third-order valence-electron chi connectivity index (χ3n) is 5.79. The predicted molar refractivity (Wildman–Crippen MR) is 137 cm³/mol. The maximum absolute atomic E-state index is 13.1. The zero-order valence-electron chi connectivity index (χ0n) is 21.6. The SMILES string of the molecule is CCc1cc2c3ccnc(C)c3c(=O)n(C)c2cc1OC[C@H](CC(C)C)NC(=O)OC(C)(C)C. The van der Waals surface area contributed by atoms with E-state index in [-0.39, 0.29) is 11.6 Å². The van der Waals surface area contributed by atoms with Crippen LogP contribution in [0.3, 0.4) is 0 Å². The summed E-state index contributed by atoms with van der Waals surface area (Å²) in [6, 6.07) is 5.73. The van der Waals surface area contributed by atoms with Gasteiger partial charge in [-0.05, 0) is 69.5 Å². The lowest BCUT2D eigenvalue weighted by atomic mass is 10.0. The van der Waals surface area contributed by atoms with Crippen molar-refractivity contribution in [3.05, 3.63) is 46.0 Å². The van der Waals surface area contributed by atoms with Crippen molar-refractivity contribution in [3.63, 3.8) is 0 Å². The molecule has 0 unspecified atom stereocenters. The number of rotatable bonds is 7. The Balaban J connectivity index is 1.97. The van der Waals surface area contributed by atoms with E-state index in [2.05, 4.69) is 37.1 Å². The van der Waals surface area contributed by atoms with Crippen molar-refractivity contribution in [2.45, 2.75) is 73.0 Å². The summed E-state index contributed by atoms with van der Waals surface area (Å²) in [5.74, 6) is 1.09. The first kappa shape index (κ1) is 25.5. The highest BCUT2D eigenvalue weighted by atomic mass is 16.6. The molecule has 1 amide bonds. The minimum atomic E-state index is -0.567. The molecule has 0 saturated carbocycles. The zero-order chi connectivity index (χ0) is 25.2. The van der Waals surface area contributed by atoms with Gasteiger partial charge < -0.3 is 19.4 Å². The smallest absolute Gasteiger partial charge is 0.407 e. The fraction of sp³-hybridized carbons (Fsp3) is 0.519. The van der Waals surface area contributed by atoms with Crippen LogP contribution in [0.25, 0.3) is 21.7 Å². The Morgan fingerprint density at radius 2 is 1.91 bits per heavy atom. The van der Waals surface area contributed by atoms with Gasteiger partial charge in [-0.3, -0.25) is 9.78 Å². The number of nitrogens with one attached hydrogen (secondary N) is 1. The average Bonchev–Trinajstić information content (AvgIpc) is 2.73. The minimum absolute atomic E-state index is 0.0763. The number of alkyl carbamates (subject to hydrolysis) is 1. The third-order valence-corrected chi connectivity index (χ3v) is 5.79. The topological polar surface area (TPSA) is 82.5 Å². The van der Waals surface area contributed by atoms with Crippen LogP contribution in [0.4, 0.5) is 4.79 Å². The van der Waals surface area contributed by atoms with E-state index in [4.69, 9.17) is 9.47 Å². The van der Waals surface area contributed by atoms with E-state index < -0.39 is 11.7 Å². The number of aromatic nitrogens is 2. The van der Waals surface area contributed by atoms with Crippen molar-refractivity contribution < 1.29 is 14.3 Å². The van der Waals surface area contributed by atoms with Crippen molar-refractivity contribution in [1.82, 2.24) is 14.9 Å². The van der Waals surface area contributed by atoms with Crippen LogP contribution in [-0.4, -0.2) is 33.9 Å². The van der Waals surface area contributed by atoms with Crippen LogP contribution in [0.2, 0.25) is 0 Å². The normalized spacial score (nSPS) is 12.9. The van der Waals surface area contributed by atoms with Gasteiger partial charge in [0.25, 0.3) is 5.56 Å². The van der Waals surface area contributed by atoms with Crippen molar-refractivity contribution in [2.75, 3.05) is 6.61 Å². The number of pyridine rings is 2. The highest BCUT2D eigenvalue weighted by Crippen LogP contribution is 2.31. The second-order valence-corrected chi connectivity index (χ2v) is 10.3. The summed E-state index contributed by atoms with van der Waals surface area (Å²) in [5.41, 5.74) is 1.93. The lowest BCUT2D eigenvalue weighted by Crippen LogP contribution is -2.42. The molecular formula is C27H37N3O4. The number of benzene rings is 1. The number of hydrogen-bond donors (Lipinski definition) is 1. The Bertz CT molecular complexity index is 1250. The van der Waals surface area contributed by atoms with Gasteiger partial charge in [0.2, 0.25) is 0 Å². The summed E-state index contributed by atoms with van der Waals surface area (Å²) < 4.78 is 13.4. The molecule has 1 N–H and O–H groups in total. The Morgan fingerprint density at radius 1 is 1.21 bits per heavy atom. The molecule has 0 spiro atoms. The van der Waals surface area contributed by atoms with Crippen LogP contribution in [0, 0.1) is 12.8 Å². The third kappa shape index (κ3) is 5.69. The van der Waals surface area contributed by atoms with E-state index in [0.717, 1.165) is 46.1 Å². The number of ether oxygens (including phenoxy) is 2. The Morgan fingerprint density at radius 3 is 2.53 bits per heavy atom. The molecule has 0 saturated heterocycles. The summed E-state index contributed by atoms with van der Waals surface area (Å²) in [5, 5.41) is 5.49. The molecule has 3 aromatic rings. The predicted octanol–water partition coefficient (Wildman–Crippen LogP) is 5.28. The van der Waals surface area contributed by atoms with Gasteiger partial charge in [0.05, 0.1) is 22.6 Å². The highest BCUT2D eigenvalue weighted by molar-refractivity contribution is 6.06. The standard InChI is InChI=1S/C27H37N3O4/c1-9-18-13-21-20-10-11-28-17(4)24(20)25(31)30(8)22(21)14-23(18)33-15-19(12-16(2)3)29-26(32)34-27(5,6)7/h10-11,13-14,16,19H,9,12,15H2,1-8H3,(H,29,32)/t19-/m0/s1. The van der Waals surface area contributed by atoms with Gasteiger partial charge in [-0.1, -0.05) is 20.8 Å². The molecule has 0 bridgehead atoms. The number of aryl methyl sites for hydroxylation is 3. The maximum atomic E-state index is 13.1. The van der Waals surface area contributed by atoms with Crippen LogP contribution < -0.4 is 15.6 Å². The molecule has 1 aromatic carbocycles. The minimum Gasteiger partial charge on any atom is -0.491 e. The molecule has 7 nitrogen and oxygen atoms in total. The molecule has 3 rings (SSSR count). The van der Waals surface area contributed by atoms with Crippen LogP contribution in [0.5, 0.6) is 5.75 Å². The second-order valence-electron chi connectivity index (χ2n) is 10.3. The molecule has 0 aliphatic carbocycles. The van der Waals surface area contributed by atoms with E-state index in [1.807, 2.05) is 39.8 Å². The maximum Gasteiger partial charge on any atom is 0.407 e. The molecule has 2 aromatic heterocycles.